The van der Waals surface area contributed by atoms with Gasteiger partial charge in [-0.2, -0.15) is 0 Å². The molecule has 0 unspecified atom stereocenters. The maximum absolute atomic E-state index is 11.8. The summed E-state index contributed by atoms with van der Waals surface area (Å²) in [5.74, 6) is -1.06. The first kappa shape index (κ1) is 16.9. The van der Waals surface area contributed by atoms with Crippen molar-refractivity contribution < 1.29 is 24.0 Å². The number of carbonyl (C=O) groups is 2. The Bertz CT molecular complexity index is 760. The molecule has 0 heterocycles. The third-order valence-electron chi connectivity index (χ3n) is 3.02. The molecule has 0 radical (unpaired) electrons. The van der Waals surface area contributed by atoms with Gasteiger partial charge in [0.15, 0.2) is 6.61 Å². The molecule has 0 aliphatic rings. The van der Waals surface area contributed by atoms with Crippen LogP contribution in [0.5, 0.6) is 5.75 Å². The largest absolute Gasteiger partial charge is 0.496 e. The van der Waals surface area contributed by atoms with E-state index in [1.54, 1.807) is 30.3 Å². The van der Waals surface area contributed by atoms with Gasteiger partial charge in [0.2, 0.25) is 0 Å². The van der Waals surface area contributed by atoms with Gasteiger partial charge in [-0.1, -0.05) is 18.2 Å². The highest BCUT2D eigenvalue weighted by atomic mass is 16.6. The molecule has 8 heteroatoms. The number of hydrogen-bond acceptors (Lipinski definition) is 6. The lowest BCUT2D eigenvalue weighted by molar-refractivity contribution is -0.384. The van der Waals surface area contributed by atoms with Crippen LogP contribution in [0.2, 0.25) is 0 Å². The zero-order valence-corrected chi connectivity index (χ0v) is 12.7. The third kappa shape index (κ3) is 4.29. The predicted molar refractivity (Wildman–Crippen MR) is 85.0 cm³/mol. The van der Waals surface area contributed by atoms with E-state index in [0.717, 1.165) is 0 Å². The van der Waals surface area contributed by atoms with Crippen LogP contribution in [0.4, 0.5) is 11.4 Å². The Labute approximate surface area is 137 Å². The Morgan fingerprint density at radius 2 is 1.88 bits per heavy atom. The minimum Gasteiger partial charge on any atom is -0.496 e. The number of methoxy groups -OCH3 is 1. The molecular formula is C16H14N2O6. The Morgan fingerprint density at radius 1 is 1.17 bits per heavy atom. The van der Waals surface area contributed by atoms with Crippen LogP contribution in [0.1, 0.15) is 10.4 Å². The molecule has 0 saturated heterocycles. The molecule has 0 aliphatic carbocycles. The number of esters is 1. The van der Waals surface area contributed by atoms with E-state index < -0.39 is 23.4 Å². The number of nitro groups is 1. The highest BCUT2D eigenvalue weighted by Crippen LogP contribution is 2.28. The summed E-state index contributed by atoms with van der Waals surface area (Å²) in [6, 6.07) is 12.2. The van der Waals surface area contributed by atoms with Crippen molar-refractivity contribution in [3.63, 3.8) is 0 Å². The molecule has 2 aromatic carbocycles. The fraction of sp³-hybridized carbons (Fsp3) is 0.125. The Morgan fingerprint density at radius 3 is 2.50 bits per heavy atom. The minimum atomic E-state index is -0.687. The summed E-state index contributed by atoms with van der Waals surface area (Å²) in [5, 5.41) is 13.4. The molecule has 2 aromatic rings. The average Bonchev–Trinajstić information content (AvgIpc) is 2.60. The van der Waals surface area contributed by atoms with Crippen molar-refractivity contribution in [3.8, 4) is 5.75 Å². The van der Waals surface area contributed by atoms with Gasteiger partial charge in [-0.3, -0.25) is 14.9 Å². The molecular weight excluding hydrogens is 316 g/mol. The van der Waals surface area contributed by atoms with Gasteiger partial charge in [0, 0.05) is 0 Å². The number of rotatable bonds is 6. The van der Waals surface area contributed by atoms with Gasteiger partial charge in [0.05, 0.1) is 23.7 Å². The molecule has 2 rings (SSSR count). The van der Waals surface area contributed by atoms with Crippen molar-refractivity contribution in [3.05, 3.63) is 64.2 Å². The van der Waals surface area contributed by atoms with E-state index >= 15 is 0 Å². The Kier molecular flexibility index (Phi) is 5.45. The molecule has 0 fully saturated rings. The standard InChI is InChI=1S/C16H14N2O6/c1-23-12-7-8-13(14(9-12)18(21)22)17-15(19)10-24-16(20)11-5-3-2-4-6-11/h2-9H,10H2,1H3,(H,17,19). The van der Waals surface area contributed by atoms with Gasteiger partial charge in [-0.05, 0) is 24.3 Å². The molecule has 24 heavy (non-hydrogen) atoms. The summed E-state index contributed by atoms with van der Waals surface area (Å²) in [6.45, 7) is -0.559. The smallest absolute Gasteiger partial charge is 0.338 e. The van der Waals surface area contributed by atoms with E-state index in [9.17, 15) is 19.7 Å². The monoisotopic (exact) mass is 330 g/mol. The number of nitrogens with zero attached hydrogens (tertiary/aromatic N) is 1. The number of ether oxygens (including phenoxy) is 2. The molecule has 124 valence electrons. The van der Waals surface area contributed by atoms with E-state index in [-0.39, 0.29) is 17.1 Å². The second-order valence-corrected chi connectivity index (χ2v) is 4.63. The molecule has 0 aromatic heterocycles. The van der Waals surface area contributed by atoms with Gasteiger partial charge in [-0.15, -0.1) is 0 Å². The summed E-state index contributed by atoms with van der Waals surface area (Å²) >= 11 is 0. The minimum absolute atomic E-state index is 0.0124. The summed E-state index contributed by atoms with van der Waals surface area (Å²) in [4.78, 5) is 34.0. The molecule has 0 saturated carbocycles. The van der Waals surface area contributed by atoms with Crippen LogP contribution >= 0.6 is 0 Å². The molecule has 0 atom stereocenters. The fourth-order valence-electron chi connectivity index (χ4n) is 1.87. The van der Waals surface area contributed by atoms with Crippen molar-refractivity contribution in [1.29, 1.82) is 0 Å². The number of anilines is 1. The maximum Gasteiger partial charge on any atom is 0.338 e. The van der Waals surface area contributed by atoms with Crippen molar-refractivity contribution in [1.82, 2.24) is 0 Å². The SMILES string of the molecule is COc1ccc(NC(=O)COC(=O)c2ccccc2)c([N+](=O)[O-])c1. The van der Waals surface area contributed by atoms with Crippen molar-refractivity contribution in [2.45, 2.75) is 0 Å². The van der Waals surface area contributed by atoms with Crippen LogP contribution in [0.25, 0.3) is 0 Å². The van der Waals surface area contributed by atoms with E-state index in [0.29, 0.717) is 5.56 Å². The lowest BCUT2D eigenvalue weighted by Gasteiger charge is -2.08. The van der Waals surface area contributed by atoms with Crippen LogP contribution < -0.4 is 10.1 Å². The van der Waals surface area contributed by atoms with Gasteiger partial charge in [0.1, 0.15) is 11.4 Å². The molecule has 1 N–H and O–H groups in total. The number of nitrogens with one attached hydrogen (secondary N) is 1. The van der Waals surface area contributed by atoms with Crippen LogP contribution in [-0.4, -0.2) is 30.5 Å². The van der Waals surface area contributed by atoms with Gasteiger partial charge < -0.3 is 14.8 Å². The summed E-state index contributed by atoms with van der Waals surface area (Å²) in [7, 11) is 1.38. The quantitative estimate of drug-likeness (QED) is 0.495. The molecule has 1 amide bonds. The first-order valence-corrected chi connectivity index (χ1v) is 6.85. The lowest BCUT2D eigenvalue weighted by atomic mass is 10.2. The summed E-state index contributed by atoms with van der Waals surface area (Å²) in [5.41, 5.74) is -0.0284. The lowest BCUT2D eigenvalue weighted by Crippen LogP contribution is -2.21. The van der Waals surface area contributed by atoms with E-state index in [1.165, 1.54) is 25.3 Å². The van der Waals surface area contributed by atoms with Crippen molar-refractivity contribution in [2.75, 3.05) is 19.0 Å². The van der Waals surface area contributed by atoms with Crippen molar-refractivity contribution in [2.24, 2.45) is 0 Å². The van der Waals surface area contributed by atoms with Crippen LogP contribution in [-0.2, 0) is 9.53 Å². The fourth-order valence-corrected chi connectivity index (χ4v) is 1.87. The molecule has 0 aliphatic heterocycles. The van der Waals surface area contributed by atoms with Crippen LogP contribution in [0.3, 0.4) is 0 Å². The molecule has 8 nitrogen and oxygen atoms in total. The summed E-state index contributed by atoms with van der Waals surface area (Å²) < 4.78 is 9.77. The maximum atomic E-state index is 11.8. The second kappa shape index (κ2) is 7.73. The topological polar surface area (TPSA) is 108 Å². The Hall–Kier alpha value is -3.42. The second-order valence-electron chi connectivity index (χ2n) is 4.63. The number of amides is 1. The number of nitro benzene ring substituents is 1. The summed E-state index contributed by atoms with van der Waals surface area (Å²) in [6.07, 6.45) is 0. The normalized spacial score (nSPS) is 9.88. The van der Waals surface area contributed by atoms with E-state index in [4.69, 9.17) is 9.47 Å². The predicted octanol–water partition coefficient (Wildman–Crippen LogP) is 2.40. The number of carbonyl (C=O) groups excluding carboxylic acids is 2. The average molecular weight is 330 g/mol. The molecule has 0 bridgehead atoms. The highest BCUT2D eigenvalue weighted by Gasteiger charge is 2.18. The van der Waals surface area contributed by atoms with E-state index in [1.807, 2.05) is 0 Å². The van der Waals surface area contributed by atoms with Gasteiger partial charge >= 0.3 is 5.97 Å². The van der Waals surface area contributed by atoms with Crippen LogP contribution in [0.15, 0.2) is 48.5 Å². The number of hydrogen-bond donors (Lipinski definition) is 1. The Balaban J connectivity index is 2.00. The van der Waals surface area contributed by atoms with Gasteiger partial charge in [0.25, 0.3) is 11.6 Å². The first-order valence-electron chi connectivity index (χ1n) is 6.85. The zero-order valence-electron chi connectivity index (χ0n) is 12.7. The first-order chi connectivity index (χ1) is 11.5. The zero-order chi connectivity index (χ0) is 17.5. The number of benzene rings is 2. The van der Waals surface area contributed by atoms with Gasteiger partial charge in [-0.25, -0.2) is 4.79 Å². The van der Waals surface area contributed by atoms with E-state index in [2.05, 4.69) is 5.32 Å². The molecule has 0 spiro atoms. The highest BCUT2D eigenvalue weighted by molar-refractivity contribution is 5.96. The van der Waals surface area contributed by atoms with Crippen LogP contribution in [0, 0.1) is 10.1 Å². The van der Waals surface area contributed by atoms with Crippen molar-refractivity contribution >= 4 is 23.3 Å². The third-order valence-corrected chi connectivity index (χ3v) is 3.02.